The number of H-pyrrole nitrogens is 1. The summed E-state index contributed by atoms with van der Waals surface area (Å²) in [5.74, 6) is -1.67. The molecule has 10 heteroatoms. The van der Waals surface area contributed by atoms with Gasteiger partial charge in [-0.2, -0.15) is 4.98 Å². The number of aromatic amines is 1. The third kappa shape index (κ3) is 4.70. The van der Waals surface area contributed by atoms with Gasteiger partial charge in [0.15, 0.2) is 0 Å². The largest absolute Gasteiger partial charge is 0.351 e. The van der Waals surface area contributed by atoms with Crippen LogP contribution in [0.15, 0.2) is 53.3 Å². The molecule has 4 rings (SSSR count). The molecule has 2 aromatic carbocycles. The van der Waals surface area contributed by atoms with Crippen molar-refractivity contribution in [1.29, 1.82) is 0 Å². The molecule has 8 nitrogen and oxygen atoms in total. The molecule has 158 valence electrons. The average molecular weight is 458 g/mol. The first-order chi connectivity index (χ1) is 14.9. The number of nitrogens with one attached hydrogen (secondary N) is 4. The number of aromatic nitrogens is 2. The molecular formula is C21H17Cl2N5O3. The highest BCUT2D eigenvalue weighted by molar-refractivity contribution is 6.36. The molecule has 1 aliphatic rings. The fraction of sp³-hybridized carbons (Fsp3) is 0.143. The highest BCUT2D eigenvalue weighted by Gasteiger charge is 2.34. The number of carbonyl (C=O) groups excluding carboxylic acids is 2. The lowest BCUT2D eigenvalue weighted by Gasteiger charge is -2.23. The Morgan fingerprint density at radius 2 is 1.90 bits per heavy atom. The van der Waals surface area contributed by atoms with Crippen LogP contribution in [0.5, 0.6) is 0 Å². The standard InChI is InChI=1S/C21H17Cl2N5O3/c22-12-6-7-15(14(23)8-12)25-21-27-18-17(20(31)28-21)13(9-16(29)26-18)19(30)24-10-11-4-2-1-3-5-11/h1-8,13H,9-10H2,(H,24,30)(H3,25,26,27,28,29,31)/t13-/m1/s1. The number of rotatable bonds is 5. The topological polar surface area (TPSA) is 116 Å². The van der Waals surface area contributed by atoms with Gasteiger partial charge in [0.1, 0.15) is 5.82 Å². The average Bonchev–Trinajstić information content (AvgIpc) is 2.74. The van der Waals surface area contributed by atoms with Crippen LogP contribution < -0.4 is 21.5 Å². The summed E-state index contributed by atoms with van der Waals surface area (Å²) in [5.41, 5.74) is 0.951. The first-order valence-corrected chi connectivity index (χ1v) is 10.1. The maximum atomic E-state index is 12.8. The summed E-state index contributed by atoms with van der Waals surface area (Å²) in [4.78, 5) is 44.6. The van der Waals surface area contributed by atoms with Crippen molar-refractivity contribution in [2.75, 3.05) is 10.6 Å². The molecule has 31 heavy (non-hydrogen) atoms. The maximum absolute atomic E-state index is 12.8. The third-order valence-corrected chi connectivity index (χ3v) is 5.31. The smallest absolute Gasteiger partial charge is 0.258 e. The fourth-order valence-electron chi connectivity index (χ4n) is 3.28. The first kappa shape index (κ1) is 20.9. The van der Waals surface area contributed by atoms with Crippen molar-refractivity contribution in [3.8, 4) is 0 Å². The molecule has 0 unspecified atom stereocenters. The van der Waals surface area contributed by atoms with Gasteiger partial charge in [-0.25, -0.2) is 0 Å². The summed E-state index contributed by atoms with van der Waals surface area (Å²) in [7, 11) is 0. The molecule has 2 heterocycles. The number of anilines is 3. The monoisotopic (exact) mass is 457 g/mol. The van der Waals surface area contributed by atoms with E-state index in [-0.39, 0.29) is 30.3 Å². The van der Waals surface area contributed by atoms with E-state index in [2.05, 4.69) is 25.9 Å². The number of amides is 2. The zero-order valence-electron chi connectivity index (χ0n) is 16.0. The zero-order valence-corrected chi connectivity index (χ0v) is 17.6. The van der Waals surface area contributed by atoms with Crippen molar-refractivity contribution in [3.63, 3.8) is 0 Å². The molecule has 1 aromatic heterocycles. The Hall–Kier alpha value is -3.36. The second-order valence-corrected chi connectivity index (χ2v) is 7.78. The molecule has 3 aromatic rings. The van der Waals surface area contributed by atoms with Gasteiger partial charge in [-0.3, -0.25) is 19.4 Å². The zero-order chi connectivity index (χ0) is 22.0. The lowest BCUT2D eigenvalue weighted by atomic mass is 9.92. The summed E-state index contributed by atoms with van der Waals surface area (Å²) in [6.45, 7) is 0.285. The lowest BCUT2D eigenvalue weighted by Crippen LogP contribution is -2.39. The molecule has 0 saturated carbocycles. The van der Waals surface area contributed by atoms with E-state index in [9.17, 15) is 14.4 Å². The van der Waals surface area contributed by atoms with Gasteiger partial charge in [-0.1, -0.05) is 53.5 Å². The van der Waals surface area contributed by atoms with Crippen LogP contribution in [0.1, 0.15) is 23.5 Å². The van der Waals surface area contributed by atoms with Crippen LogP contribution in [-0.4, -0.2) is 21.8 Å². The summed E-state index contributed by atoms with van der Waals surface area (Å²) in [5, 5.41) is 9.02. The molecule has 2 amide bonds. The quantitative estimate of drug-likeness (QED) is 0.467. The minimum Gasteiger partial charge on any atom is -0.351 e. The molecule has 4 N–H and O–H groups in total. The Morgan fingerprint density at radius 1 is 1.13 bits per heavy atom. The molecule has 0 aliphatic carbocycles. The third-order valence-electron chi connectivity index (χ3n) is 4.76. The van der Waals surface area contributed by atoms with Crippen molar-refractivity contribution in [1.82, 2.24) is 15.3 Å². The van der Waals surface area contributed by atoms with E-state index in [1.165, 1.54) is 6.07 Å². The van der Waals surface area contributed by atoms with E-state index in [4.69, 9.17) is 23.2 Å². The predicted octanol–water partition coefficient (Wildman–Crippen LogP) is 3.56. The number of nitrogens with zero attached hydrogens (tertiary/aromatic N) is 1. The van der Waals surface area contributed by atoms with Crippen LogP contribution in [-0.2, 0) is 16.1 Å². The maximum Gasteiger partial charge on any atom is 0.258 e. The Bertz CT molecular complexity index is 1210. The molecule has 1 atom stereocenters. The SMILES string of the molecule is O=C1C[C@@H](C(=O)NCc2ccccc2)c2c(nc(Nc3ccc(Cl)cc3Cl)[nH]c2=O)N1. The van der Waals surface area contributed by atoms with Gasteiger partial charge >= 0.3 is 0 Å². The summed E-state index contributed by atoms with van der Waals surface area (Å²) in [6, 6.07) is 14.1. The van der Waals surface area contributed by atoms with E-state index in [1.807, 2.05) is 30.3 Å². The fourth-order valence-corrected chi connectivity index (χ4v) is 3.74. The van der Waals surface area contributed by atoms with Gasteiger partial charge in [0, 0.05) is 18.0 Å². The van der Waals surface area contributed by atoms with E-state index in [1.54, 1.807) is 12.1 Å². The Labute approximate surface area is 187 Å². The van der Waals surface area contributed by atoms with Gasteiger partial charge in [-0.05, 0) is 23.8 Å². The van der Waals surface area contributed by atoms with Crippen LogP contribution in [0.3, 0.4) is 0 Å². The lowest BCUT2D eigenvalue weighted by molar-refractivity contribution is -0.126. The Morgan fingerprint density at radius 3 is 2.65 bits per heavy atom. The van der Waals surface area contributed by atoms with Crippen molar-refractivity contribution >= 4 is 52.5 Å². The highest BCUT2D eigenvalue weighted by atomic mass is 35.5. The molecule has 0 fully saturated rings. The second-order valence-electron chi connectivity index (χ2n) is 6.93. The van der Waals surface area contributed by atoms with E-state index < -0.39 is 23.3 Å². The Kier molecular flexibility index (Phi) is 5.92. The highest BCUT2D eigenvalue weighted by Crippen LogP contribution is 2.31. The van der Waals surface area contributed by atoms with Crippen molar-refractivity contribution < 1.29 is 9.59 Å². The first-order valence-electron chi connectivity index (χ1n) is 9.38. The van der Waals surface area contributed by atoms with Crippen LogP contribution in [0.25, 0.3) is 0 Å². The van der Waals surface area contributed by atoms with E-state index >= 15 is 0 Å². The van der Waals surface area contributed by atoms with E-state index in [0.717, 1.165) is 5.56 Å². The molecule has 0 radical (unpaired) electrons. The van der Waals surface area contributed by atoms with Crippen molar-refractivity contribution in [2.45, 2.75) is 18.9 Å². The number of hydrogen-bond acceptors (Lipinski definition) is 5. The van der Waals surface area contributed by atoms with Crippen molar-refractivity contribution in [3.05, 3.63) is 80.1 Å². The van der Waals surface area contributed by atoms with Gasteiger partial charge < -0.3 is 16.0 Å². The van der Waals surface area contributed by atoms with Gasteiger partial charge in [0.25, 0.3) is 5.56 Å². The summed E-state index contributed by atoms with van der Waals surface area (Å²) < 4.78 is 0. The normalized spacial score (nSPS) is 15.0. The van der Waals surface area contributed by atoms with Crippen LogP contribution >= 0.6 is 23.2 Å². The van der Waals surface area contributed by atoms with Gasteiger partial charge in [-0.15, -0.1) is 0 Å². The molecule has 0 spiro atoms. The number of carbonyl (C=O) groups is 2. The molecule has 0 saturated heterocycles. The number of hydrogen-bond donors (Lipinski definition) is 4. The van der Waals surface area contributed by atoms with Gasteiger partial charge in [0.2, 0.25) is 17.8 Å². The number of benzene rings is 2. The minimum atomic E-state index is -0.947. The second kappa shape index (κ2) is 8.79. The molecule has 0 bridgehead atoms. The summed E-state index contributed by atoms with van der Waals surface area (Å²) in [6.07, 6.45) is -0.145. The predicted molar refractivity (Wildman–Crippen MR) is 119 cm³/mol. The van der Waals surface area contributed by atoms with Crippen LogP contribution in [0.2, 0.25) is 10.0 Å². The number of fused-ring (bicyclic) bond motifs is 1. The van der Waals surface area contributed by atoms with Crippen molar-refractivity contribution in [2.24, 2.45) is 0 Å². The van der Waals surface area contributed by atoms with Crippen LogP contribution in [0.4, 0.5) is 17.5 Å². The number of halogens is 2. The van der Waals surface area contributed by atoms with Gasteiger partial charge in [0.05, 0.1) is 22.2 Å². The molecule has 1 aliphatic heterocycles. The molecular weight excluding hydrogens is 441 g/mol. The van der Waals surface area contributed by atoms with E-state index in [0.29, 0.717) is 15.7 Å². The van der Waals surface area contributed by atoms with Crippen LogP contribution in [0, 0.1) is 0 Å². The minimum absolute atomic E-state index is 0.0347. The Balaban J connectivity index is 1.59. The summed E-state index contributed by atoms with van der Waals surface area (Å²) >= 11 is 12.0.